The molecule has 21 atom stereocenters. The summed E-state index contributed by atoms with van der Waals surface area (Å²) in [7, 11) is 1.39. The zero-order chi connectivity index (χ0) is 38.1. The van der Waals surface area contributed by atoms with Gasteiger partial charge in [0.25, 0.3) is 0 Å². The van der Waals surface area contributed by atoms with Crippen LogP contribution >= 0.6 is 0 Å². The molecule has 52 heavy (non-hydrogen) atoms. The first-order chi connectivity index (χ1) is 24.4. The maximum Gasteiger partial charge on any atom is 0.186 e. The Morgan fingerprint density at radius 1 is 0.808 bits per heavy atom. The van der Waals surface area contributed by atoms with Crippen LogP contribution in [0.4, 0.5) is 0 Å². The van der Waals surface area contributed by atoms with Gasteiger partial charge in [0.2, 0.25) is 0 Å². The normalized spacial score (nSPS) is 53.3. The summed E-state index contributed by atoms with van der Waals surface area (Å²) in [5, 5.41) is 98.9. The van der Waals surface area contributed by atoms with E-state index in [0.29, 0.717) is 32.1 Å². The maximum absolute atomic E-state index is 12.8. The van der Waals surface area contributed by atoms with Crippen LogP contribution in [0.2, 0.25) is 0 Å². The lowest BCUT2D eigenvalue weighted by Crippen LogP contribution is -2.71. The molecular formula is C38H66O14. The van der Waals surface area contributed by atoms with Crippen LogP contribution in [-0.4, -0.2) is 152 Å². The summed E-state index contributed by atoms with van der Waals surface area (Å²) >= 11 is 0. The first-order valence-corrected chi connectivity index (χ1v) is 19.6. The molecule has 0 aromatic rings. The van der Waals surface area contributed by atoms with Crippen LogP contribution in [-0.2, 0) is 23.7 Å². The minimum atomic E-state index is -1.35. The first kappa shape index (κ1) is 41.1. The van der Waals surface area contributed by atoms with Gasteiger partial charge in [-0.25, -0.2) is 0 Å². The number of hydrogen-bond donors (Lipinski definition) is 9. The second-order valence-corrected chi connectivity index (χ2v) is 18.1. The highest BCUT2D eigenvalue weighted by Crippen LogP contribution is 2.70. The molecule has 0 amide bonds. The summed E-state index contributed by atoms with van der Waals surface area (Å²) < 4.78 is 29.0. The molecule has 2 heterocycles. The van der Waals surface area contributed by atoms with E-state index in [-0.39, 0.29) is 42.8 Å². The van der Waals surface area contributed by atoms with E-state index in [1.807, 2.05) is 20.8 Å². The fourth-order valence-electron chi connectivity index (χ4n) is 12.3. The molecule has 0 aromatic carbocycles. The zero-order valence-electron chi connectivity index (χ0n) is 31.6. The number of aliphatic hydroxyl groups excluding tert-OH is 8. The molecule has 0 bridgehead atoms. The predicted octanol–water partition coefficient (Wildman–Crippen LogP) is 0.0474. The van der Waals surface area contributed by atoms with E-state index in [4.69, 9.17) is 23.7 Å². The Kier molecular flexibility index (Phi) is 12.2. The lowest BCUT2D eigenvalue weighted by atomic mass is 9.41. The van der Waals surface area contributed by atoms with Crippen LogP contribution in [0.1, 0.15) is 86.0 Å². The van der Waals surface area contributed by atoms with Gasteiger partial charge < -0.3 is 69.6 Å². The number of ether oxygens (including phenoxy) is 5. The largest absolute Gasteiger partial charge is 0.394 e. The third kappa shape index (κ3) is 6.82. The molecular weight excluding hydrogens is 680 g/mol. The van der Waals surface area contributed by atoms with Crippen molar-refractivity contribution < 1.29 is 69.6 Å². The predicted molar refractivity (Wildman–Crippen MR) is 184 cm³/mol. The van der Waals surface area contributed by atoms with Gasteiger partial charge >= 0.3 is 0 Å². The van der Waals surface area contributed by atoms with Crippen LogP contribution in [0.3, 0.4) is 0 Å². The number of aliphatic hydroxyl groups is 9. The summed E-state index contributed by atoms with van der Waals surface area (Å²) in [6, 6.07) is 0. The van der Waals surface area contributed by atoms with E-state index in [1.165, 1.54) is 7.11 Å². The van der Waals surface area contributed by atoms with E-state index in [9.17, 15) is 46.0 Å². The average molecular weight is 747 g/mol. The molecule has 4 saturated carbocycles. The smallest absolute Gasteiger partial charge is 0.186 e. The molecule has 6 aliphatic rings. The van der Waals surface area contributed by atoms with Crippen molar-refractivity contribution in [3.8, 4) is 0 Å². The van der Waals surface area contributed by atoms with Crippen LogP contribution in [0.5, 0.6) is 0 Å². The number of fused-ring (bicyclic) bond motifs is 5. The standard InChI is InChI=1S/C38H66O14/c1-17(2)23(50-34-31(46)30(45)25(15-39)52-34)8-7-18(3)19-13-20(40)33-36(19,4)12-10-26-37(5)11-9-24(29(44)27(37)21(41)14-38(26,33)47)51-35-32(48-6)28(43)22(42)16-49-35/h17-35,39-47H,7-16H2,1-6H3/t18-,19-,20+,21-,22-,23+,24+,25+,26?,27?,28+,29+,30+,31-,32-,33?,34-,35+,36-,37-,38+/m1/s1. The number of hydrogen-bond acceptors (Lipinski definition) is 14. The molecule has 2 aliphatic heterocycles. The third-order valence-electron chi connectivity index (χ3n) is 14.9. The number of methoxy groups -OCH3 is 1. The summed E-state index contributed by atoms with van der Waals surface area (Å²) in [5.74, 6) is -0.995. The van der Waals surface area contributed by atoms with E-state index < -0.39 is 108 Å². The van der Waals surface area contributed by atoms with Crippen molar-refractivity contribution in [2.24, 2.45) is 46.3 Å². The summed E-state index contributed by atoms with van der Waals surface area (Å²) in [5.41, 5.74) is -2.39. The van der Waals surface area contributed by atoms with Crippen LogP contribution in [0, 0.1) is 46.3 Å². The second kappa shape index (κ2) is 15.4. The fraction of sp³-hybridized carbons (Fsp3) is 1.00. The molecule has 14 heteroatoms. The van der Waals surface area contributed by atoms with Gasteiger partial charge in [0, 0.05) is 25.4 Å². The lowest BCUT2D eigenvalue weighted by Gasteiger charge is -2.66. The van der Waals surface area contributed by atoms with E-state index in [0.717, 1.165) is 12.8 Å². The Bertz CT molecular complexity index is 1210. The molecule has 14 nitrogen and oxygen atoms in total. The highest BCUT2D eigenvalue weighted by atomic mass is 16.7. The van der Waals surface area contributed by atoms with Gasteiger partial charge in [-0.1, -0.05) is 34.6 Å². The Hall–Kier alpha value is -0.560. The fourth-order valence-corrected chi connectivity index (χ4v) is 12.3. The van der Waals surface area contributed by atoms with Crippen LogP contribution in [0.15, 0.2) is 0 Å². The molecule has 6 fully saturated rings. The summed E-state index contributed by atoms with van der Waals surface area (Å²) in [4.78, 5) is 0. The minimum Gasteiger partial charge on any atom is -0.394 e. The molecule has 0 aromatic heterocycles. The number of rotatable bonds is 11. The average Bonchev–Trinajstić information content (AvgIpc) is 3.52. The van der Waals surface area contributed by atoms with Gasteiger partial charge in [-0.15, -0.1) is 0 Å². The van der Waals surface area contributed by atoms with Crippen molar-refractivity contribution in [1.29, 1.82) is 0 Å². The van der Waals surface area contributed by atoms with Crippen molar-refractivity contribution in [3.05, 3.63) is 0 Å². The van der Waals surface area contributed by atoms with Crippen molar-refractivity contribution in [2.45, 2.75) is 171 Å². The van der Waals surface area contributed by atoms with Crippen molar-refractivity contribution in [3.63, 3.8) is 0 Å². The summed E-state index contributed by atoms with van der Waals surface area (Å²) in [6.07, 6.45) is -8.22. The quantitative estimate of drug-likeness (QED) is 0.127. The molecule has 3 unspecified atom stereocenters. The van der Waals surface area contributed by atoms with Crippen molar-refractivity contribution in [2.75, 3.05) is 20.3 Å². The molecule has 0 spiro atoms. The monoisotopic (exact) mass is 746 g/mol. The molecule has 0 radical (unpaired) electrons. The Balaban J connectivity index is 1.14. The van der Waals surface area contributed by atoms with Gasteiger partial charge in [-0.2, -0.15) is 0 Å². The third-order valence-corrected chi connectivity index (χ3v) is 14.9. The topological polar surface area (TPSA) is 228 Å². The Labute approximate surface area is 307 Å². The van der Waals surface area contributed by atoms with Crippen LogP contribution in [0.25, 0.3) is 0 Å². The van der Waals surface area contributed by atoms with Crippen molar-refractivity contribution in [1.82, 2.24) is 0 Å². The maximum atomic E-state index is 12.8. The van der Waals surface area contributed by atoms with E-state index in [2.05, 4.69) is 13.8 Å². The molecule has 4 aliphatic carbocycles. The van der Waals surface area contributed by atoms with E-state index >= 15 is 0 Å². The zero-order valence-corrected chi connectivity index (χ0v) is 31.6. The van der Waals surface area contributed by atoms with Gasteiger partial charge in [0.15, 0.2) is 12.6 Å². The SMILES string of the molecule is CO[C@H]1[C@H](O[C@H]2CC[C@@]3(C)C([C@H](O)C[C@]4(O)C3CC[C@@]3(C)C4[C@@H](O)C[C@@H]3[C@H](C)CC[C@H](O[C@@H]3O[C@@H](CO)[C@H](O)[C@H]3O)C(C)C)[C@H]2O)OC[C@@H](O)[C@@H]1O. The molecule has 302 valence electrons. The molecule has 6 rings (SSSR count). The van der Waals surface area contributed by atoms with Gasteiger partial charge in [0.05, 0.1) is 49.3 Å². The highest BCUT2D eigenvalue weighted by Gasteiger charge is 2.72. The van der Waals surface area contributed by atoms with E-state index in [1.54, 1.807) is 0 Å². The van der Waals surface area contributed by atoms with Gasteiger partial charge in [-0.3, -0.25) is 0 Å². The lowest BCUT2D eigenvalue weighted by molar-refractivity contribution is -0.320. The van der Waals surface area contributed by atoms with Gasteiger partial charge in [0.1, 0.15) is 36.6 Å². The molecule has 9 N–H and O–H groups in total. The Morgan fingerprint density at radius 3 is 2.13 bits per heavy atom. The minimum absolute atomic E-state index is 0.0271. The highest BCUT2D eigenvalue weighted by molar-refractivity contribution is 5.21. The first-order valence-electron chi connectivity index (χ1n) is 19.6. The van der Waals surface area contributed by atoms with Crippen LogP contribution < -0.4 is 0 Å². The summed E-state index contributed by atoms with van der Waals surface area (Å²) in [6.45, 7) is 9.90. The van der Waals surface area contributed by atoms with Gasteiger partial charge in [-0.05, 0) is 79.4 Å². The Morgan fingerprint density at radius 2 is 1.50 bits per heavy atom. The molecule has 2 saturated heterocycles. The second-order valence-electron chi connectivity index (χ2n) is 18.1. The van der Waals surface area contributed by atoms with Crippen molar-refractivity contribution >= 4 is 0 Å².